The number of pyridine rings is 2. The van der Waals surface area contributed by atoms with Crippen LogP contribution in [0.25, 0.3) is 0 Å². The summed E-state index contributed by atoms with van der Waals surface area (Å²) < 4.78 is 0. The number of hydrogen-bond donors (Lipinski definition) is 4. The van der Waals surface area contributed by atoms with Gasteiger partial charge >= 0.3 is 0 Å². The summed E-state index contributed by atoms with van der Waals surface area (Å²) in [5.41, 5.74) is 10.2. The third-order valence-corrected chi connectivity index (χ3v) is 11.7. The Hall–Kier alpha value is -3.22. The average molecular weight is 651 g/mol. The Morgan fingerprint density at radius 3 is 1.38 bits per heavy atom. The molecule has 258 valence electrons. The number of nitrogens with one attached hydrogen (secondary N) is 4. The summed E-state index contributed by atoms with van der Waals surface area (Å²) in [7, 11) is 0. The molecule has 0 spiro atoms. The third-order valence-electron chi connectivity index (χ3n) is 11.7. The van der Waals surface area contributed by atoms with E-state index in [1.54, 1.807) is 12.1 Å². The summed E-state index contributed by atoms with van der Waals surface area (Å²) in [5.74, 6) is 0.736. The van der Waals surface area contributed by atoms with E-state index in [9.17, 15) is 9.59 Å². The summed E-state index contributed by atoms with van der Waals surface area (Å²) in [6.07, 6.45) is 26.0. The van der Waals surface area contributed by atoms with Gasteiger partial charge in [-0.3, -0.25) is 9.59 Å². The van der Waals surface area contributed by atoms with Crippen LogP contribution in [0.1, 0.15) is 127 Å². The number of rotatable bonds is 15. The smallest absolute Gasteiger partial charge is 0.248 e. The van der Waals surface area contributed by atoms with Crippen molar-refractivity contribution < 1.29 is 0 Å². The van der Waals surface area contributed by atoms with Crippen molar-refractivity contribution in [3.05, 3.63) is 114 Å². The molecule has 4 atom stereocenters. The molecule has 0 saturated heterocycles. The first-order chi connectivity index (χ1) is 23.3. The van der Waals surface area contributed by atoms with E-state index < -0.39 is 0 Å². The van der Waals surface area contributed by atoms with Crippen LogP contribution in [0.15, 0.2) is 80.5 Å². The van der Waals surface area contributed by atoms with Crippen LogP contribution in [-0.2, 0) is 23.9 Å². The lowest BCUT2D eigenvalue weighted by molar-refractivity contribution is 0.319. The Labute approximate surface area is 287 Å². The standard InChI is InChI=1S/C42H58N4O2/c1-5-33-31-23-29(3)27-41(33,35-17-19-39(47)45-37(35)25-31)43-21-15-13-11-9-7-8-10-12-14-16-22-44-42-28-30(4)24-32(34(42)6-2)26-38-36(42)18-20-40(48)46-38/h5-6,17-20,23-24,31-32,43-44H,7-16,21-22,25-28H2,1-4H3,(H,45,47)(H,46,48)/b33-5+,34-6+/t31-,32-,41+,42+/m0/s1. The molecule has 48 heavy (non-hydrogen) atoms. The van der Waals surface area contributed by atoms with Gasteiger partial charge in [0.25, 0.3) is 0 Å². The van der Waals surface area contributed by atoms with E-state index in [2.05, 4.69) is 84.7 Å². The van der Waals surface area contributed by atoms with Gasteiger partial charge in [-0.1, -0.05) is 86.8 Å². The van der Waals surface area contributed by atoms with Crippen molar-refractivity contribution in [2.45, 2.75) is 129 Å². The van der Waals surface area contributed by atoms with Gasteiger partial charge in [0, 0.05) is 35.4 Å². The van der Waals surface area contributed by atoms with E-state index in [-0.39, 0.29) is 22.2 Å². The molecule has 0 fully saturated rings. The molecule has 2 heterocycles. The minimum Gasteiger partial charge on any atom is -0.326 e. The number of hydrogen-bond acceptors (Lipinski definition) is 4. The number of allylic oxidation sites excluding steroid dienone is 4. The first-order valence-electron chi connectivity index (χ1n) is 18.9. The molecule has 0 radical (unpaired) electrons. The zero-order valence-electron chi connectivity index (χ0n) is 29.9. The molecular formula is C42H58N4O2. The monoisotopic (exact) mass is 650 g/mol. The summed E-state index contributed by atoms with van der Waals surface area (Å²) in [5, 5.41) is 8.00. The van der Waals surface area contributed by atoms with Crippen LogP contribution in [-0.4, -0.2) is 23.1 Å². The summed E-state index contributed by atoms with van der Waals surface area (Å²) >= 11 is 0. The van der Waals surface area contributed by atoms with Crippen LogP contribution in [0.2, 0.25) is 0 Å². The zero-order chi connectivity index (χ0) is 33.7. The minimum atomic E-state index is -0.184. The van der Waals surface area contributed by atoms with Gasteiger partial charge in [0.2, 0.25) is 11.1 Å². The van der Waals surface area contributed by atoms with Gasteiger partial charge in [0.15, 0.2) is 0 Å². The normalized spacial score (nSPS) is 27.4. The Morgan fingerprint density at radius 1 is 0.625 bits per heavy atom. The molecule has 2 aromatic rings. The molecule has 0 aliphatic heterocycles. The van der Waals surface area contributed by atoms with Crippen LogP contribution >= 0.6 is 0 Å². The lowest BCUT2D eigenvalue weighted by atomic mass is 9.63. The van der Waals surface area contributed by atoms with E-state index in [1.165, 1.54) is 97.6 Å². The predicted octanol–water partition coefficient (Wildman–Crippen LogP) is 8.17. The molecule has 4 aliphatic carbocycles. The maximum Gasteiger partial charge on any atom is 0.248 e. The van der Waals surface area contributed by atoms with Gasteiger partial charge in [-0.25, -0.2) is 0 Å². The van der Waals surface area contributed by atoms with E-state index >= 15 is 0 Å². The Bertz CT molecular complexity index is 1580. The Kier molecular flexibility index (Phi) is 10.9. The molecule has 2 aromatic heterocycles. The van der Waals surface area contributed by atoms with Gasteiger partial charge in [0.1, 0.15) is 0 Å². The molecule has 6 heteroatoms. The number of aromatic nitrogens is 2. The molecule has 0 amide bonds. The van der Waals surface area contributed by atoms with Crippen molar-refractivity contribution in [3.63, 3.8) is 0 Å². The largest absolute Gasteiger partial charge is 0.326 e. The van der Waals surface area contributed by atoms with Gasteiger partial charge < -0.3 is 20.6 Å². The molecule has 4 aliphatic rings. The maximum absolute atomic E-state index is 12.1. The Morgan fingerprint density at radius 2 is 1.00 bits per heavy atom. The van der Waals surface area contributed by atoms with Gasteiger partial charge in [0.05, 0.1) is 11.1 Å². The summed E-state index contributed by atoms with van der Waals surface area (Å²) in [4.78, 5) is 30.5. The SMILES string of the molecule is C/C=C1\[C@H]2C=C(C)C[C@]1(NCCCCCCCCCCCCN[C@@]13CC(C)=C[C@@H](Cc4[nH]c(=O)ccc41)/C3=C\C)c1ccc(=O)[nH]c1C2. The highest BCUT2D eigenvalue weighted by molar-refractivity contribution is 5.50. The van der Waals surface area contributed by atoms with Crippen LogP contribution in [0.4, 0.5) is 0 Å². The average Bonchev–Trinajstić information content (AvgIpc) is 3.04. The summed E-state index contributed by atoms with van der Waals surface area (Å²) in [6, 6.07) is 7.53. The predicted molar refractivity (Wildman–Crippen MR) is 198 cm³/mol. The molecule has 0 unspecified atom stereocenters. The lowest BCUT2D eigenvalue weighted by Gasteiger charge is -2.48. The van der Waals surface area contributed by atoms with Crippen molar-refractivity contribution in [3.8, 4) is 0 Å². The zero-order valence-corrected chi connectivity index (χ0v) is 29.9. The highest BCUT2D eigenvalue weighted by Crippen LogP contribution is 2.50. The number of H-pyrrole nitrogens is 2. The van der Waals surface area contributed by atoms with Gasteiger partial charge in [-0.15, -0.1) is 0 Å². The second kappa shape index (κ2) is 15.1. The first-order valence-corrected chi connectivity index (χ1v) is 18.9. The maximum atomic E-state index is 12.1. The van der Waals surface area contributed by atoms with Crippen molar-refractivity contribution >= 4 is 0 Å². The van der Waals surface area contributed by atoms with Crippen molar-refractivity contribution in [1.82, 2.24) is 20.6 Å². The fourth-order valence-electron chi connectivity index (χ4n) is 9.80. The van der Waals surface area contributed by atoms with Crippen molar-refractivity contribution in [1.29, 1.82) is 0 Å². The fraction of sp³-hybridized carbons (Fsp3) is 0.571. The van der Waals surface area contributed by atoms with E-state index in [1.807, 2.05) is 0 Å². The molecule has 6 nitrogen and oxygen atoms in total. The molecule has 6 rings (SSSR count). The minimum absolute atomic E-state index is 0.00274. The molecule has 0 saturated carbocycles. The van der Waals surface area contributed by atoms with E-state index in [4.69, 9.17) is 0 Å². The van der Waals surface area contributed by atoms with Gasteiger partial charge in [-0.05, 0) is 114 Å². The lowest BCUT2D eigenvalue weighted by Crippen LogP contribution is -2.52. The van der Waals surface area contributed by atoms with Crippen molar-refractivity contribution in [2.24, 2.45) is 11.8 Å². The van der Waals surface area contributed by atoms with Crippen LogP contribution < -0.4 is 21.8 Å². The van der Waals surface area contributed by atoms with Crippen LogP contribution in [0.5, 0.6) is 0 Å². The quantitative estimate of drug-likeness (QED) is 0.116. The molecule has 4 N–H and O–H groups in total. The first kappa shape index (κ1) is 34.6. The number of unbranched alkanes of at least 4 members (excludes halogenated alkanes) is 9. The van der Waals surface area contributed by atoms with Crippen LogP contribution in [0.3, 0.4) is 0 Å². The molecular weight excluding hydrogens is 592 g/mol. The topological polar surface area (TPSA) is 89.8 Å². The van der Waals surface area contributed by atoms with E-state index in [0.29, 0.717) is 11.8 Å². The third kappa shape index (κ3) is 6.93. The number of aromatic amines is 2. The highest BCUT2D eigenvalue weighted by Gasteiger charge is 2.47. The van der Waals surface area contributed by atoms with Gasteiger partial charge in [-0.2, -0.15) is 0 Å². The number of fused-ring (bicyclic) bond motifs is 8. The van der Waals surface area contributed by atoms with Crippen molar-refractivity contribution in [2.75, 3.05) is 13.1 Å². The molecule has 0 aromatic carbocycles. The summed E-state index contributed by atoms with van der Waals surface area (Å²) in [6.45, 7) is 10.9. The highest BCUT2D eigenvalue weighted by atomic mass is 16.1. The van der Waals surface area contributed by atoms with Crippen LogP contribution in [0, 0.1) is 11.8 Å². The fourth-order valence-corrected chi connectivity index (χ4v) is 9.80. The van der Waals surface area contributed by atoms with E-state index in [0.717, 1.165) is 50.2 Å². The molecule has 4 bridgehead atoms. The Balaban J connectivity index is 0.879. The second-order valence-corrected chi connectivity index (χ2v) is 15.1. The second-order valence-electron chi connectivity index (χ2n) is 15.1.